The first-order chi connectivity index (χ1) is 36.7. The minimum absolute atomic E-state index is 0.0410. The molecular weight excluding hydrogens is 1040 g/mol. The molecule has 0 radical (unpaired) electrons. The van der Waals surface area contributed by atoms with Crippen LogP contribution in [0.15, 0.2) is 154 Å². The van der Waals surface area contributed by atoms with E-state index < -0.39 is 110 Å². The topological polar surface area (TPSA) is 46.2 Å². The van der Waals surface area contributed by atoms with Crippen molar-refractivity contribution in [1.82, 2.24) is 0 Å². The number of alkyl halides is 3. The summed E-state index contributed by atoms with van der Waals surface area (Å²) < 4.78 is 219. The van der Waals surface area contributed by atoms with Gasteiger partial charge in [-0.05, 0) is 88.5 Å². The van der Waals surface area contributed by atoms with E-state index in [9.17, 15) is 48.3 Å². The zero-order chi connectivity index (χ0) is 55.9. The molecule has 0 bridgehead atoms. The summed E-state index contributed by atoms with van der Waals surface area (Å²) in [6.07, 6.45) is 2.16. The van der Waals surface area contributed by atoms with E-state index in [4.69, 9.17) is 23.7 Å². The fourth-order valence-corrected chi connectivity index (χ4v) is 6.95. The fourth-order valence-electron chi connectivity index (χ4n) is 6.95. The van der Waals surface area contributed by atoms with Crippen molar-refractivity contribution in [2.75, 3.05) is 0 Å². The van der Waals surface area contributed by atoms with Crippen LogP contribution in [0.2, 0.25) is 0 Å². The predicted molar refractivity (Wildman–Crippen MR) is 266 cm³/mol. The molecule has 0 aliphatic heterocycles. The Hall–Kier alpha value is -9.45. The third-order valence-corrected chi connectivity index (χ3v) is 10.9. The molecule has 77 heavy (non-hydrogen) atoms. The van der Waals surface area contributed by atoms with Crippen LogP contribution in [0.1, 0.15) is 33.4 Å². The molecule has 0 aromatic heterocycles. The summed E-state index contributed by atoms with van der Waals surface area (Å²) in [6.45, 7) is 17.8. The Balaban J connectivity index is 0.000000224. The van der Waals surface area contributed by atoms with Crippen molar-refractivity contribution >= 4 is 30.4 Å². The number of hydrogen-bond donors (Lipinski definition) is 0. The summed E-state index contributed by atoms with van der Waals surface area (Å²) in [5.74, 6) is -29.4. The van der Waals surface area contributed by atoms with Crippen LogP contribution in [0.25, 0.3) is 41.5 Å². The van der Waals surface area contributed by atoms with Gasteiger partial charge in [0.05, 0.1) is 11.1 Å². The zero-order valence-electron chi connectivity index (χ0n) is 39.4. The summed E-state index contributed by atoms with van der Waals surface area (Å²) in [6, 6.07) is 27.6. The van der Waals surface area contributed by atoms with Crippen molar-refractivity contribution in [3.8, 4) is 68.6 Å². The Morgan fingerprint density at radius 2 is 0.442 bits per heavy atom. The summed E-state index contributed by atoms with van der Waals surface area (Å²) in [5, 5.41) is 0. The largest absolute Gasteiger partial charge is 0.453 e. The van der Waals surface area contributed by atoms with Crippen molar-refractivity contribution in [3.63, 3.8) is 0 Å². The van der Waals surface area contributed by atoms with Crippen LogP contribution in [0.5, 0.6) is 57.5 Å². The molecule has 0 amide bonds. The van der Waals surface area contributed by atoms with Crippen LogP contribution in [0, 0.1) is 58.2 Å². The lowest BCUT2D eigenvalue weighted by atomic mass is 10.0. The fraction of sp³-hybridized carbons (Fsp3) is 0.0169. The summed E-state index contributed by atoms with van der Waals surface area (Å²) in [4.78, 5) is 0. The highest BCUT2D eigenvalue weighted by molar-refractivity contribution is 5.70. The van der Waals surface area contributed by atoms with Gasteiger partial charge in [-0.25, -0.2) is 17.6 Å². The monoisotopic (exact) mass is 1070 g/mol. The third-order valence-electron chi connectivity index (χ3n) is 10.9. The SMILES string of the molecule is C=Cc1ccc(Oc2c(F)c(F)c(-c3c(F)c(F)c(Oc4ccc(C=C)cc4)c(F)c3F)c(F)c2F)cc1.C=Cc1ccc(Oc2c(F)c(Oc3ccc(C=C)cc3)c(C(F)(F)F)c(Oc3ccc(C=C)cc3)c2F)cc1. The highest BCUT2D eigenvalue weighted by atomic mass is 19.4. The first-order valence-electron chi connectivity index (χ1n) is 22.1. The third kappa shape index (κ3) is 11.9. The van der Waals surface area contributed by atoms with Gasteiger partial charge in [-0.1, -0.05) is 124 Å². The average molecular weight is 1070 g/mol. The molecule has 0 unspecified atom stereocenters. The molecule has 5 nitrogen and oxygen atoms in total. The van der Waals surface area contributed by atoms with Crippen molar-refractivity contribution in [1.29, 1.82) is 0 Å². The van der Waals surface area contributed by atoms with E-state index in [0.29, 0.717) is 27.8 Å². The molecule has 8 aromatic rings. The first-order valence-corrected chi connectivity index (χ1v) is 22.1. The van der Waals surface area contributed by atoms with Gasteiger partial charge in [0.1, 0.15) is 34.3 Å². The molecule has 18 heteroatoms. The van der Waals surface area contributed by atoms with Crippen LogP contribution in [-0.2, 0) is 6.18 Å². The van der Waals surface area contributed by atoms with E-state index in [1.165, 1.54) is 140 Å². The summed E-state index contributed by atoms with van der Waals surface area (Å²) in [7, 11) is 0. The van der Waals surface area contributed by atoms with E-state index in [2.05, 4.69) is 32.9 Å². The standard InChI is InChI=1S/C31H21F5O3.C28H14F8O2/c1-4-19-7-13-22(14-8-19)37-28-25(31(34,35)36)29(38-23-15-9-20(5-2)10-16-23)27(33)30(26(28)32)39-24-17-11-21(6-3)12-18-24;1-3-13-5-9-15(10-6-13)37-27-23(33)19(29)17(20(30)24(27)34)18-21(31)25(35)28(26(36)22(18)32)38-16-11-7-14(4-2)8-12-16/h4-18H,1-3H2;3-12H,1-2H2. The highest BCUT2D eigenvalue weighted by Crippen LogP contribution is 2.52. The lowest BCUT2D eigenvalue weighted by Crippen LogP contribution is -2.13. The molecule has 0 spiro atoms. The molecule has 8 rings (SSSR count). The molecule has 392 valence electrons. The molecule has 0 aliphatic carbocycles. The van der Waals surface area contributed by atoms with E-state index >= 15 is 8.78 Å². The molecule has 0 aliphatic rings. The van der Waals surface area contributed by atoms with Crippen molar-refractivity contribution in [2.45, 2.75) is 6.18 Å². The van der Waals surface area contributed by atoms with Crippen LogP contribution >= 0.6 is 0 Å². The Kier molecular flexibility index (Phi) is 16.8. The average Bonchev–Trinajstić information content (AvgIpc) is 3.44. The second-order valence-corrected chi connectivity index (χ2v) is 15.8. The van der Waals surface area contributed by atoms with E-state index in [1.807, 2.05) is 0 Å². The van der Waals surface area contributed by atoms with Crippen LogP contribution in [-0.4, -0.2) is 0 Å². The molecule has 0 fully saturated rings. The number of halogens is 13. The number of ether oxygens (including phenoxy) is 5. The van der Waals surface area contributed by atoms with Gasteiger partial charge in [0.2, 0.25) is 52.2 Å². The molecular formula is C59H35F13O5. The Morgan fingerprint density at radius 1 is 0.260 bits per heavy atom. The lowest BCUT2D eigenvalue weighted by Gasteiger charge is -2.21. The van der Waals surface area contributed by atoms with Gasteiger partial charge in [-0.2, -0.15) is 39.5 Å². The zero-order valence-corrected chi connectivity index (χ0v) is 39.4. The second-order valence-electron chi connectivity index (χ2n) is 15.8. The maximum atomic E-state index is 15.7. The van der Waals surface area contributed by atoms with Gasteiger partial charge in [-0.3, -0.25) is 0 Å². The van der Waals surface area contributed by atoms with Crippen LogP contribution in [0.4, 0.5) is 57.1 Å². The Labute approximate surface area is 430 Å². The van der Waals surface area contributed by atoms with Crippen molar-refractivity contribution in [3.05, 3.63) is 246 Å². The van der Waals surface area contributed by atoms with Crippen molar-refractivity contribution in [2.24, 2.45) is 0 Å². The molecule has 0 N–H and O–H groups in total. The number of hydrogen-bond acceptors (Lipinski definition) is 5. The predicted octanol–water partition coefficient (Wildman–Crippen LogP) is 19.6. The maximum absolute atomic E-state index is 15.7. The molecule has 0 heterocycles. The van der Waals surface area contributed by atoms with Gasteiger partial charge < -0.3 is 23.7 Å². The minimum atomic E-state index is -5.28. The maximum Gasteiger partial charge on any atom is 0.423 e. The first kappa shape index (κ1) is 55.3. The normalized spacial score (nSPS) is 10.9. The Bertz CT molecular complexity index is 3280. The molecule has 0 saturated heterocycles. The van der Waals surface area contributed by atoms with Gasteiger partial charge >= 0.3 is 6.18 Å². The smallest absolute Gasteiger partial charge is 0.423 e. The quantitative estimate of drug-likeness (QED) is 0.0713. The molecule has 0 saturated carbocycles. The van der Waals surface area contributed by atoms with Crippen LogP contribution in [0.3, 0.4) is 0 Å². The van der Waals surface area contributed by atoms with E-state index in [1.54, 1.807) is 12.1 Å². The van der Waals surface area contributed by atoms with Crippen LogP contribution < -0.4 is 23.7 Å². The van der Waals surface area contributed by atoms with E-state index in [0.717, 1.165) is 0 Å². The Morgan fingerprint density at radius 3 is 0.623 bits per heavy atom. The highest BCUT2D eigenvalue weighted by Gasteiger charge is 2.45. The lowest BCUT2D eigenvalue weighted by molar-refractivity contribution is -0.140. The van der Waals surface area contributed by atoms with E-state index in [-0.39, 0.29) is 28.7 Å². The van der Waals surface area contributed by atoms with Gasteiger partial charge in [0.25, 0.3) is 0 Å². The van der Waals surface area contributed by atoms with Gasteiger partial charge in [0, 0.05) is 0 Å². The van der Waals surface area contributed by atoms with Gasteiger partial charge in [0.15, 0.2) is 34.8 Å². The number of rotatable bonds is 16. The second kappa shape index (κ2) is 23.4. The van der Waals surface area contributed by atoms with Crippen molar-refractivity contribution < 1.29 is 80.8 Å². The molecule has 0 atom stereocenters. The number of benzene rings is 8. The minimum Gasteiger partial charge on any atom is -0.453 e. The summed E-state index contributed by atoms with van der Waals surface area (Å²) >= 11 is 0. The molecule has 8 aromatic carbocycles. The van der Waals surface area contributed by atoms with Gasteiger partial charge in [-0.15, -0.1) is 0 Å². The summed E-state index contributed by atoms with van der Waals surface area (Å²) in [5.41, 5.74) is -2.67.